The number of hydrogen-bond acceptors (Lipinski definition) is 4. The van der Waals surface area contributed by atoms with Crippen molar-refractivity contribution in [2.45, 2.75) is 13.8 Å². The van der Waals surface area contributed by atoms with E-state index < -0.39 is 5.82 Å². The molecule has 4 aromatic rings. The highest BCUT2D eigenvalue weighted by molar-refractivity contribution is 7.11. The minimum absolute atomic E-state index is 0.204. The average molecular weight is 462 g/mol. The van der Waals surface area contributed by atoms with Gasteiger partial charge in [-0.25, -0.2) is 9.37 Å². The van der Waals surface area contributed by atoms with Crippen molar-refractivity contribution < 1.29 is 8.78 Å². The van der Waals surface area contributed by atoms with Crippen LogP contribution in [-0.2, 0) is 0 Å². The van der Waals surface area contributed by atoms with E-state index in [-0.39, 0.29) is 16.2 Å². The van der Waals surface area contributed by atoms with Gasteiger partial charge in [-0.3, -0.25) is 10.1 Å². The number of rotatable bonds is 7. The summed E-state index contributed by atoms with van der Waals surface area (Å²) in [6.45, 7) is 11.1. The highest BCUT2D eigenvalue weighted by Gasteiger charge is 2.22. The van der Waals surface area contributed by atoms with Gasteiger partial charge in [0.1, 0.15) is 11.4 Å². The van der Waals surface area contributed by atoms with Crippen molar-refractivity contribution in [1.29, 1.82) is 0 Å². The number of nitrogens with zero attached hydrogens (tertiary/aromatic N) is 3. The number of hydrogen-bond donors (Lipinski definition) is 2. The van der Waals surface area contributed by atoms with E-state index in [1.165, 1.54) is 6.07 Å². The summed E-state index contributed by atoms with van der Waals surface area (Å²) >= 11 is 1.02. The fourth-order valence-electron chi connectivity index (χ4n) is 3.52. The van der Waals surface area contributed by atoms with Crippen molar-refractivity contribution in [3.05, 3.63) is 101 Å². The summed E-state index contributed by atoms with van der Waals surface area (Å²) in [4.78, 5) is 12.9. The second-order valence-corrected chi connectivity index (χ2v) is 8.13. The van der Waals surface area contributed by atoms with Crippen molar-refractivity contribution in [1.82, 2.24) is 25.1 Å². The predicted octanol–water partition coefficient (Wildman–Crippen LogP) is 6.76. The van der Waals surface area contributed by atoms with Crippen LogP contribution >= 0.6 is 11.3 Å². The first-order valence-corrected chi connectivity index (χ1v) is 10.9. The van der Waals surface area contributed by atoms with Gasteiger partial charge in [-0.1, -0.05) is 49.6 Å². The summed E-state index contributed by atoms with van der Waals surface area (Å²) in [5, 5.41) is 7.12. The summed E-state index contributed by atoms with van der Waals surface area (Å²) in [6.07, 6.45) is 11.8. The van der Waals surface area contributed by atoms with Crippen LogP contribution in [0.15, 0.2) is 67.9 Å². The lowest BCUT2D eigenvalue weighted by atomic mass is 10.1. The van der Waals surface area contributed by atoms with E-state index in [4.69, 9.17) is 4.98 Å². The van der Waals surface area contributed by atoms with Crippen molar-refractivity contribution in [2.24, 2.45) is 0 Å². The molecule has 0 aliphatic carbocycles. The molecule has 0 amide bonds. The SMILES string of the molecule is C=C/C=C\C(=C/C)c1ncc2[nH]nc(-c3nc(/C(=C\C=C)c4ccc(F)s4)c(C)[nH]3)c2c1F. The second kappa shape index (κ2) is 9.30. The van der Waals surface area contributed by atoms with Crippen LogP contribution in [0.3, 0.4) is 0 Å². The molecule has 0 aliphatic heterocycles. The Morgan fingerprint density at radius 1 is 1.15 bits per heavy atom. The number of pyridine rings is 1. The highest BCUT2D eigenvalue weighted by Crippen LogP contribution is 2.34. The molecule has 0 saturated heterocycles. The van der Waals surface area contributed by atoms with E-state index in [0.717, 1.165) is 17.0 Å². The van der Waals surface area contributed by atoms with Gasteiger partial charge in [-0.05, 0) is 31.6 Å². The van der Waals surface area contributed by atoms with E-state index in [1.54, 1.807) is 48.7 Å². The minimum Gasteiger partial charge on any atom is -0.340 e. The largest absolute Gasteiger partial charge is 0.340 e. The molecule has 0 atom stereocenters. The number of aromatic nitrogens is 5. The number of imidazole rings is 1. The quantitative estimate of drug-likeness (QED) is 0.299. The molecule has 2 N–H and O–H groups in total. The van der Waals surface area contributed by atoms with Crippen LogP contribution in [0.25, 0.3) is 33.6 Å². The van der Waals surface area contributed by atoms with Gasteiger partial charge < -0.3 is 4.98 Å². The van der Waals surface area contributed by atoms with Gasteiger partial charge in [0.2, 0.25) is 0 Å². The first-order chi connectivity index (χ1) is 16.0. The van der Waals surface area contributed by atoms with Crippen LogP contribution in [0, 0.1) is 17.9 Å². The summed E-state index contributed by atoms with van der Waals surface area (Å²) in [5.74, 6) is -0.115. The molecule has 5 nitrogen and oxygen atoms in total. The Hall–Kier alpha value is -3.91. The molecule has 166 valence electrons. The van der Waals surface area contributed by atoms with Gasteiger partial charge in [0.25, 0.3) is 0 Å². The van der Waals surface area contributed by atoms with E-state index >= 15 is 4.39 Å². The van der Waals surface area contributed by atoms with Crippen molar-refractivity contribution >= 4 is 33.4 Å². The van der Waals surface area contributed by atoms with Crippen molar-refractivity contribution in [3.63, 3.8) is 0 Å². The number of H-pyrrole nitrogens is 2. The number of aryl methyl sites for hydroxylation is 1. The standard InChI is InChI=1S/C25H21F2N5S/c1-5-8-10-15(7-3)23-21(27)20-17(13-28-23)31-32-24(20)25-29-14(4)22(30-25)16(9-6-2)18-11-12-19(26)33-18/h5-13H,1-2H2,3-4H3,(H,29,30)(H,31,32)/b10-8-,15-7+,16-9-. The number of aromatic amines is 2. The molecule has 0 spiro atoms. The van der Waals surface area contributed by atoms with E-state index in [2.05, 4.69) is 33.3 Å². The van der Waals surface area contributed by atoms with Gasteiger partial charge in [-0.2, -0.15) is 9.49 Å². The third-order valence-corrected chi connectivity index (χ3v) is 5.94. The van der Waals surface area contributed by atoms with Gasteiger partial charge in [0.05, 0.1) is 22.8 Å². The Morgan fingerprint density at radius 2 is 1.97 bits per heavy atom. The van der Waals surface area contributed by atoms with Crippen LogP contribution < -0.4 is 0 Å². The molecule has 0 aliphatic rings. The summed E-state index contributed by atoms with van der Waals surface area (Å²) in [7, 11) is 0. The third kappa shape index (κ3) is 4.12. The number of nitrogens with one attached hydrogen (secondary N) is 2. The van der Waals surface area contributed by atoms with Gasteiger partial charge >= 0.3 is 0 Å². The Bertz CT molecular complexity index is 1450. The molecule has 0 bridgehead atoms. The van der Waals surface area contributed by atoms with Crippen molar-refractivity contribution in [2.75, 3.05) is 0 Å². The van der Waals surface area contributed by atoms with E-state index in [9.17, 15) is 4.39 Å². The molecule has 0 unspecified atom stereocenters. The molecule has 0 aromatic carbocycles. The van der Waals surface area contributed by atoms with E-state index in [1.807, 2.05) is 13.8 Å². The Labute approximate surface area is 193 Å². The Balaban J connectivity index is 1.86. The van der Waals surface area contributed by atoms with Crippen LogP contribution in [-0.4, -0.2) is 25.1 Å². The molecular formula is C25H21F2N5S. The first kappa shape index (κ1) is 22.3. The fourth-order valence-corrected chi connectivity index (χ4v) is 4.28. The first-order valence-electron chi connectivity index (χ1n) is 10.1. The lowest BCUT2D eigenvalue weighted by Crippen LogP contribution is -1.95. The normalized spacial score (nSPS) is 12.7. The van der Waals surface area contributed by atoms with E-state index in [0.29, 0.717) is 38.8 Å². The zero-order valence-corrected chi connectivity index (χ0v) is 18.9. The monoisotopic (exact) mass is 461 g/mol. The third-order valence-electron chi connectivity index (χ3n) is 5.03. The average Bonchev–Trinajstić information content (AvgIpc) is 3.52. The molecule has 0 fully saturated rings. The zero-order valence-electron chi connectivity index (χ0n) is 18.1. The summed E-state index contributed by atoms with van der Waals surface area (Å²) < 4.78 is 29.3. The molecule has 4 heterocycles. The number of thiophene rings is 1. The van der Waals surface area contributed by atoms with Crippen molar-refractivity contribution in [3.8, 4) is 11.5 Å². The molecule has 4 rings (SSSR count). The maximum Gasteiger partial charge on any atom is 0.176 e. The lowest BCUT2D eigenvalue weighted by molar-refractivity contribution is 0.630. The Kier molecular flexibility index (Phi) is 6.28. The van der Waals surface area contributed by atoms with Gasteiger partial charge in [0, 0.05) is 16.1 Å². The molecule has 4 aromatic heterocycles. The fraction of sp³-hybridized carbons (Fsp3) is 0.0800. The number of fused-ring (bicyclic) bond motifs is 1. The molecule has 0 radical (unpaired) electrons. The molecule has 33 heavy (non-hydrogen) atoms. The number of halogens is 2. The lowest BCUT2D eigenvalue weighted by Gasteiger charge is -2.04. The minimum atomic E-state index is -0.504. The van der Waals surface area contributed by atoms with Crippen LogP contribution in [0.1, 0.15) is 28.9 Å². The number of allylic oxidation sites excluding steroid dienone is 7. The molecule has 8 heteroatoms. The maximum absolute atomic E-state index is 15.6. The van der Waals surface area contributed by atoms with Gasteiger partial charge in [-0.15, -0.1) is 11.3 Å². The molecule has 0 saturated carbocycles. The van der Waals surface area contributed by atoms with Crippen LogP contribution in [0.5, 0.6) is 0 Å². The Morgan fingerprint density at radius 3 is 2.64 bits per heavy atom. The predicted molar refractivity (Wildman–Crippen MR) is 131 cm³/mol. The summed E-state index contributed by atoms with van der Waals surface area (Å²) in [6, 6.07) is 3.10. The molecular weight excluding hydrogens is 440 g/mol. The smallest absolute Gasteiger partial charge is 0.176 e. The highest BCUT2D eigenvalue weighted by atomic mass is 32.1. The maximum atomic E-state index is 15.6. The second-order valence-electron chi connectivity index (χ2n) is 7.10. The zero-order chi connectivity index (χ0) is 23.5. The van der Waals surface area contributed by atoms with Crippen LogP contribution in [0.2, 0.25) is 0 Å². The topological polar surface area (TPSA) is 70.2 Å². The summed E-state index contributed by atoms with van der Waals surface area (Å²) in [5.41, 5.74) is 3.67. The van der Waals surface area contributed by atoms with Gasteiger partial charge in [0.15, 0.2) is 16.8 Å². The van der Waals surface area contributed by atoms with Crippen LogP contribution in [0.4, 0.5) is 8.78 Å².